The summed E-state index contributed by atoms with van der Waals surface area (Å²) in [4.78, 5) is 15.9. The number of rotatable bonds is 3. The molecule has 0 aliphatic carbocycles. The van der Waals surface area contributed by atoms with E-state index >= 15 is 0 Å². The van der Waals surface area contributed by atoms with Crippen LogP contribution < -0.4 is 5.32 Å². The number of nitrogens with zero attached hydrogens (tertiary/aromatic N) is 1. The summed E-state index contributed by atoms with van der Waals surface area (Å²) in [5.41, 5.74) is 5.49. The van der Waals surface area contributed by atoms with Crippen LogP contribution in [0.15, 0.2) is 40.8 Å². The Bertz CT molecular complexity index is 878. The predicted molar refractivity (Wildman–Crippen MR) is 92.6 cm³/mol. The van der Waals surface area contributed by atoms with Gasteiger partial charge in [-0.2, -0.15) is 0 Å². The number of aryl methyl sites for hydroxylation is 1. The molecule has 0 bridgehead atoms. The number of carbonyl (C=O) groups excluding carboxylic acids is 1. The molecule has 1 amide bonds. The molecule has 2 aromatic carbocycles. The van der Waals surface area contributed by atoms with Gasteiger partial charge < -0.3 is 9.73 Å². The van der Waals surface area contributed by atoms with Gasteiger partial charge in [0.15, 0.2) is 5.58 Å². The Labute approximate surface area is 135 Å². The van der Waals surface area contributed by atoms with Gasteiger partial charge in [0.25, 0.3) is 0 Å². The average Bonchev–Trinajstić information content (AvgIpc) is 2.91. The molecule has 0 atom stereocenters. The smallest absolute Gasteiger partial charge is 0.227 e. The van der Waals surface area contributed by atoms with Crippen molar-refractivity contribution in [3.05, 3.63) is 47.5 Å². The molecule has 0 saturated heterocycles. The number of nitrogens with one attached hydrogen (secondary N) is 1. The number of aromatic nitrogens is 1. The summed E-state index contributed by atoms with van der Waals surface area (Å²) in [7, 11) is 0. The molecule has 23 heavy (non-hydrogen) atoms. The summed E-state index contributed by atoms with van der Waals surface area (Å²) in [6.45, 7) is 7.76. The number of hydrogen-bond acceptors (Lipinski definition) is 3. The summed E-state index contributed by atoms with van der Waals surface area (Å²) < 4.78 is 5.86. The van der Waals surface area contributed by atoms with E-state index < -0.39 is 0 Å². The van der Waals surface area contributed by atoms with Crippen LogP contribution in [-0.4, -0.2) is 10.9 Å². The molecule has 118 valence electrons. The molecule has 0 aliphatic heterocycles. The van der Waals surface area contributed by atoms with Crippen LogP contribution >= 0.6 is 0 Å². The van der Waals surface area contributed by atoms with E-state index in [-0.39, 0.29) is 5.91 Å². The zero-order valence-corrected chi connectivity index (χ0v) is 13.8. The Morgan fingerprint density at radius 2 is 1.96 bits per heavy atom. The Morgan fingerprint density at radius 3 is 2.65 bits per heavy atom. The highest BCUT2D eigenvalue weighted by molar-refractivity contribution is 5.90. The minimum atomic E-state index is -0.0932. The van der Waals surface area contributed by atoms with E-state index in [1.807, 2.05) is 31.2 Å². The number of amides is 1. The largest absolute Gasteiger partial charge is 0.436 e. The molecule has 4 heteroatoms. The molecule has 0 saturated carbocycles. The fraction of sp³-hybridized carbons (Fsp3) is 0.263. The first-order valence-electron chi connectivity index (χ1n) is 7.73. The molecule has 0 aliphatic rings. The highest BCUT2D eigenvalue weighted by atomic mass is 16.3. The normalized spacial score (nSPS) is 11.2. The summed E-state index contributed by atoms with van der Waals surface area (Å²) in [6.07, 6.45) is 0. The first kappa shape index (κ1) is 15.3. The molecule has 1 heterocycles. The maximum atomic E-state index is 11.3. The Morgan fingerprint density at radius 1 is 1.17 bits per heavy atom. The molecule has 0 spiro atoms. The van der Waals surface area contributed by atoms with Crippen LogP contribution in [0.4, 0.5) is 5.69 Å². The molecule has 3 rings (SSSR count). The lowest BCUT2D eigenvalue weighted by Gasteiger charge is -2.07. The number of oxazole rings is 1. The number of anilines is 1. The van der Waals surface area contributed by atoms with Gasteiger partial charge >= 0.3 is 0 Å². The van der Waals surface area contributed by atoms with Crippen LogP contribution in [-0.2, 0) is 4.79 Å². The topological polar surface area (TPSA) is 55.1 Å². The SMILES string of the molecule is CC(=O)Nc1cc(-c2nc3cc(C(C)C)ccc3o2)ccc1C. The fourth-order valence-corrected chi connectivity index (χ4v) is 2.51. The van der Waals surface area contributed by atoms with Gasteiger partial charge in [0, 0.05) is 18.2 Å². The second-order valence-corrected chi connectivity index (χ2v) is 6.11. The quantitative estimate of drug-likeness (QED) is 0.750. The van der Waals surface area contributed by atoms with E-state index in [1.165, 1.54) is 12.5 Å². The van der Waals surface area contributed by atoms with Crippen LogP contribution in [0.5, 0.6) is 0 Å². The van der Waals surface area contributed by atoms with Crippen molar-refractivity contribution in [1.29, 1.82) is 0 Å². The van der Waals surface area contributed by atoms with Gasteiger partial charge in [0.2, 0.25) is 11.8 Å². The van der Waals surface area contributed by atoms with Gasteiger partial charge in [0.1, 0.15) is 5.52 Å². The Balaban J connectivity index is 2.04. The van der Waals surface area contributed by atoms with Crippen molar-refractivity contribution < 1.29 is 9.21 Å². The second kappa shape index (κ2) is 5.88. The van der Waals surface area contributed by atoms with Crippen molar-refractivity contribution in [3.8, 4) is 11.5 Å². The average molecular weight is 308 g/mol. The third-order valence-electron chi connectivity index (χ3n) is 3.87. The summed E-state index contributed by atoms with van der Waals surface area (Å²) in [6, 6.07) is 11.9. The van der Waals surface area contributed by atoms with Crippen molar-refractivity contribution in [2.45, 2.75) is 33.6 Å². The molecule has 3 aromatic rings. The number of carbonyl (C=O) groups is 1. The minimum absolute atomic E-state index is 0.0932. The zero-order valence-electron chi connectivity index (χ0n) is 13.8. The standard InChI is InChI=1S/C19H20N2O2/c1-11(2)14-7-8-18-17(9-14)21-19(23-18)15-6-5-12(3)16(10-15)20-13(4)22/h5-11H,1-4H3,(H,20,22). The van der Waals surface area contributed by atoms with Crippen LogP contribution in [0.1, 0.15) is 37.8 Å². The van der Waals surface area contributed by atoms with Crippen LogP contribution in [0.3, 0.4) is 0 Å². The number of fused-ring (bicyclic) bond motifs is 1. The third kappa shape index (κ3) is 3.11. The Hall–Kier alpha value is -2.62. The van der Waals surface area contributed by atoms with Crippen molar-refractivity contribution in [2.24, 2.45) is 0 Å². The third-order valence-corrected chi connectivity index (χ3v) is 3.87. The van der Waals surface area contributed by atoms with Crippen molar-refractivity contribution in [2.75, 3.05) is 5.32 Å². The highest BCUT2D eigenvalue weighted by Gasteiger charge is 2.11. The van der Waals surface area contributed by atoms with E-state index in [0.717, 1.165) is 27.9 Å². The van der Waals surface area contributed by atoms with Gasteiger partial charge in [-0.25, -0.2) is 4.98 Å². The second-order valence-electron chi connectivity index (χ2n) is 6.11. The number of hydrogen-bond donors (Lipinski definition) is 1. The monoisotopic (exact) mass is 308 g/mol. The maximum absolute atomic E-state index is 11.3. The Kier molecular flexibility index (Phi) is 3.90. The lowest BCUT2D eigenvalue weighted by Crippen LogP contribution is -2.07. The molecule has 1 N–H and O–H groups in total. The summed E-state index contributed by atoms with van der Waals surface area (Å²) >= 11 is 0. The van der Waals surface area contributed by atoms with E-state index in [0.29, 0.717) is 11.8 Å². The van der Waals surface area contributed by atoms with Gasteiger partial charge in [0.05, 0.1) is 0 Å². The van der Waals surface area contributed by atoms with Gasteiger partial charge in [-0.05, 0) is 48.2 Å². The first-order chi connectivity index (χ1) is 10.9. The van der Waals surface area contributed by atoms with E-state index in [4.69, 9.17) is 4.42 Å². The molecular weight excluding hydrogens is 288 g/mol. The molecule has 0 fully saturated rings. The lowest BCUT2D eigenvalue weighted by molar-refractivity contribution is -0.114. The highest BCUT2D eigenvalue weighted by Crippen LogP contribution is 2.29. The summed E-state index contributed by atoms with van der Waals surface area (Å²) in [5.74, 6) is 0.919. The van der Waals surface area contributed by atoms with E-state index in [1.54, 1.807) is 0 Å². The molecule has 0 unspecified atom stereocenters. The van der Waals surface area contributed by atoms with Crippen LogP contribution in [0.2, 0.25) is 0 Å². The van der Waals surface area contributed by atoms with Crippen LogP contribution in [0, 0.1) is 6.92 Å². The first-order valence-corrected chi connectivity index (χ1v) is 7.73. The summed E-state index contributed by atoms with van der Waals surface area (Å²) in [5, 5.41) is 2.83. The van der Waals surface area contributed by atoms with Gasteiger partial charge in [-0.1, -0.05) is 26.0 Å². The lowest BCUT2D eigenvalue weighted by atomic mass is 10.0. The molecule has 0 radical (unpaired) electrons. The molecule has 1 aromatic heterocycles. The number of benzene rings is 2. The van der Waals surface area contributed by atoms with Crippen LogP contribution in [0.25, 0.3) is 22.6 Å². The fourth-order valence-electron chi connectivity index (χ4n) is 2.51. The van der Waals surface area contributed by atoms with Crippen molar-refractivity contribution in [3.63, 3.8) is 0 Å². The molecular formula is C19H20N2O2. The molecule has 4 nitrogen and oxygen atoms in total. The predicted octanol–water partition coefficient (Wildman–Crippen LogP) is 4.89. The van der Waals surface area contributed by atoms with Gasteiger partial charge in [-0.3, -0.25) is 4.79 Å². The van der Waals surface area contributed by atoms with Crippen molar-refractivity contribution >= 4 is 22.7 Å². The van der Waals surface area contributed by atoms with Gasteiger partial charge in [-0.15, -0.1) is 0 Å². The van der Waals surface area contributed by atoms with Crippen molar-refractivity contribution in [1.82, 2.24) is 4.98 Å². The minimum Gasteiger partial charge on any atom is -0.436 e. The maximum Gasteiger partial charge on any atom is 0.227 e. The zero-order chi connectivity index (χ0) is 16.6. The van der Waals surface area contributed by atoms with E-state index in [2.05, 4.69) is 36.3 Å². The van der Waals surface area contributed by atoms with E-state index in [9.17, 15) is 4.79 Å².